The fraction of sp³-hybridized carbons (Fsp3) is 0.312. The first kappa shape index (κ1) is 13.8. The van der Waals surface area contributed by atoms with Crippen molar-refractivity contribution in [3.05, 3.63) is 51.2 Å². The molecule has 0 saturated heterocycles. The van der Waals surface area contributed by atoms with Gasteiger partial charge >= 0.3 is 0 Å². The van der Waals surface area contributed by atoms with Crippen molar-refractivity contribution in [2.45, 2.75) is 31.0 Å². The molecule has 0 spiro atoms. The van der Waals surface area contributed by atoms with Gasteiger partial charge in [0.2, 0.25) is 5.91 Å². The summed E-state index contributed by atoms with van der Waals surface area (Å²) in [5.74, 6) is 0.117. The number of benzene rings is 1. The lowest BCUT2D eigenvalue weighted by molar-refractivity contribution is -0.116. The average molecular weight is 350 g/mol. The molecular formula is C16H16BrNOS. The lowest BCUT2D eigenvalue weighted by Gasteiger charge is -2.19. The van der Waals surface area contributed by atoms with Gasteiger partial charge in [0.15, 0.2) is 0 Å². The van der Waals surface area contributed by atoms with Crippen molar-refractivity contribution in [2.75, 3.05) is 5.32 Å². The summed E-state index contributed by atoms with van der Waals surface area (Å²) in [4.78, 5) is 14.4. The highest BCUT2D eigenvalue weighted by molar-refractivity contribution is 9.09. The number of anilines is 1. The summed E-state index contributed by atoms with van der Waals surface area (Å²) in [6.07, 6.45) is 2.50. The summed E-state index contributed by atoms with van der Waals surface area (Å²) in [6.45, 7) is 2.18. The maximum atomic E-state index is 11.4. The molecule has 20 heavy (non-hydrogen) atoms. The first-order valence-electron chi connectivity index (χ1n) is 6.82. The van der Waals surface area contributed by atoms with Gasteiger partial charge in [0.05, 0.1) is 4.83 Å². The topological polar surface area (TPSA) is 29.1 Å². The Labute approximate surface area is 131 Å². The summed E-state index contributed by atoms with van der Waals surface area (Å²) in [7, 11) is 0. The molecule has 0 saturated carbocycles. The second-order valence-electron chi connectivity index (χ2n) is 4.98. The van der Waals surface area contributed by atoms with Crippen molar-refractivity contribution in [2.24, 2.45) is 0 Å². The number of thiophene rings is 1. The van der Waals surface area contributed by atoms with Crippen LogP contribution in [-0.2, 0) is 17.6 Å². The van der Waals surface area contributed by atoms with Crippen molar-refractivity contribution >= 4 is 38.9 Å². The molecule has 0 fully saturated rings. The number of amides is 1. The SMILES string of the molecule is CCc1ccc(C(Br)c2ccc3c(c2)CCC(=O)N3)s1. The first-order valence-corrected chi connectivity index (χ1v) is 8.56. The average Bonchev–Trinajstić information content (AvgIpc) is 2.95. The van der Waals surface area contributed by atoms with Crippen LogP contribution < -0.4 is 5.32 Å². The van der Waals surface area contributed by atoms with Gasteiger partial charge in [-0.05, 0) is 42.2 Å². The van der Waals surface area contributed by atoms with Crippen LogP contribution in [0.2, 0.25) is 0 Å². The number of alkyl halides is 1. The van der Waals surface area contributed by atoms with Gasteiger partial charge < -0.3 is 5.32 Å². The third-order valence-corrected chi connectivity index (χ3v) is 6.22. The van der Waals surface area contributed by atoms with Crippen LogP contribution in [0.4, 0.5) is 5.69 Å². The summed E-state index contributed by atoms with van der Waals surface area (Å²) >= 11 is 5.66. The van der Waals surface area contributed by atoms with Crippen molar-refractivity contribution in [1.82, 2.24) is 0 Å². The van der Waals surface area contributed by atoms with Gasteiger partial charge in [-0.2, -0.15) is 0 Å². The largest absolute Gasteiger partial charge is 0.326 e. The lowest BCUT2D eigenvalue weighted by atomic mass is 9.99. The molecule has 1 unspecified atom stereocenters. The summed E-state index contributed by atoms with van der Waals surface area (Å²) in [5.41, 5.74) is 3.45. The monoisotopic (exact) mass is 349 g/mol. The minimum atomic E-state index is 0.117. The number of halogens is 1. The molecule has 0 radical (unpaired) electrons. The van der Waals surface area contributed by atoms with E-state index in [9.17, 15) is 4.79 Å². The van der Waals surface area contributed by atoms with Gasteiger partial charge in [0.1, 0.15) is 0 Å². The molecule has 2 aromatic rings. The van der Waals surface area contributed by atoms with E-state index in [1.54, 1.807) is 0 Å². The van der Waals surface area contributed by atoms with E-state index in [1.165, 1.54) is 20.9 Å². The summed E-state index contributed by atoms with van der Waals surface area (Å²) < 4.78 is 0. The minimum absolute atomic E-state index is 0.117. The predicted molar refractivity (Wildman–Crippen MR) is 87.9 cm³/mol. The van der Waals surface area contributed by atoms with E-state index in [1.807, 2.05) is 17.4 Å². The van der Waals surface area contributed by atoms with Crippen molar-refractivity contribution in [1.29, 1.82) is 0 Å². The molecule has 2 heterocycles. The smallest absolute Gasteiger partial charge is 0.224 e. The zero-order chi connectivity index (χ0) is 14.1. The summed E-state index contributed by atoms with van der Waals surface area (Å²) in [5, 5.41) is 2.93. The second kappa shape index (κ2) is 5.70. The van der Waals surface area contributed by atoms with Crippen LogP contribution in [0.25, 0.3) is 0 Å². The lowest BCUT2D eigenvalue weighted by Crippen LogP contribution is -2.19. The number of hydrogen-bond donors (Lipinski definition) is 1. The van der Waals surface area contributed by atoms with Crippen LogP contribution in [0.1, 0.15) is 39.1 Å². The Kier molecular flexibility index (Phi) is 3.94. The molecule has 1 amide bonds. The van der Waals surface area contributed by atoms with Crippen molar-refractivity contribution < 1.29 is 4.79 Å². The van der Waals surface area contributed by atoms with Crippen molar-refractivity contribution in [3.8, 4) is 0 Å². The molecule has 1 atom stereocenters. The Hall–Kier alpha value is -1.13. The van der Waals surface area contributed by atoms with E-state index in [2.05, 4.69) is 52.4 Å². The van der Waals surface area contributed by atoms with Crippen LogP contribution in [0.3, 0.4) is 0 Å². The number of aryl methyl sites for hydroxylation is 2. The summed E-state index contributed by atoms with van der Waals surface area (Å²) in [6, 6.07) is 10.7. The maximum absolute atomic E-state index is 11.4. The van der Waals surface area contributed by atoms with E-state index < -0.39 is 0 Å². The van der Waals surface area contributed by atoms with Crippen LogP contribution in [0.15, 0.2) is 30.3 Å². The molecule has 1 aromatic carbocycles. The Morgan fingerprint density at radius 3 is 2.90 bits per heavy atom. The van der Waals surface area contributed by atoms with Gasteiger partial charge in [-0.25, -0.2) is 0 Å². The highest BCUT2D eigenvalue weighted by Gasteiger charge is 2.18. The molecule has 0 bridgehead atoms. The Morgan fingerprint density at radius 2 is 2.15 bits per heavy atom. The van der Waals surface area contributed by atoms with Crippen LogP contribution in [-0.4, -0.2) is 5.91 Å². The molecular weight excluding hydrogens is 334 g/mol. The molecule has 0 aliphatic carbocycles. The van der Waals surface area contributed by atoms with Gasteiger partial charge in [-0.1, -0.05) is 35.0 Å². The Balaban J connectivity index is 1.88. The normalized spacial score (nSPS) is 15.6. The molecule has 3 rings (SSSR count). The molecule has 1 aromatic heterocycles. The quantitative estimate of drug-likeness (QED) is 0.800. The molecule has 1 aliphatic heterocycles. The Bertz CT molecular complexity index is 650. The fourth-order valence-electron chi connectivity index (χ4n) is 2.45. The molecule has 1 aliphatic rings. The van der Waals surface area contributed by atoms with E-state index in [4.69, 9.17) is 0 Å². The molecule has 104 valence electrons. The van der Waals surface area contributed by atoms with Gasteiger partial charge in [0, 0.05) is 21.9 Å². The van der Waals surface area contributed by atoms with E-state index >= 15 is 0 Å². The second-order valence-corrected chi connectivity index (χ2v) is 7.10. The van der Waals surface area contributed by atoms with Crippen LogP contribution in [0.5, 0.6) is 0 Å². The minimum Gasteiger partial charge on any atom is -0.326 e. The predicted octanol–water partition coefficient (Wildman–Crippen LogP) is 4.68. The number of rotatable bonds is 3. The number of carbonyl (C=O) groups excluding carboxylic acids is 1. The van der Waals surface area contributed by atoms with E-state index in [-0.39, 0.29) is 10.7 Å². The number of fused-ring (bicyclic) bond motifs is 1. The standard InChI is InChI=1S/C16H16BrNOS/c1-2-12-5-7-14(20-12)16(17)11-3-6-13-10(9-11)4-8-15(19)18-13/h3,5-7,9,16H,2,4,8H2,1H3,(H,18,19). The van der Waals surface area contributed by atoms with E-state index in [0.717, 1.165) is 18.5 Å². The van der Waals surface area contributed by atoms with E-state index in [0.29, 0.717) is 6.42 Å². The third-order valence-electron chi connectivity index (χ3n) is 3.60. The van der Waals surface area contributed by atoms with Crippen LogP contribution in [0, 0.1) is 0 Å². The first-order chi connectivity index (χ1) is 9.67. The molecule has 4 heteroatoms. The zero-order valence-corrected chi connectivity index (χ0v) is 13.7. The number of hydrogen-bond acceptors (Lipinski definition) is 2. The maximum Gasteiger partial charge on any atom is 0.224 e. The highest BCUT2D eigenvalue weighted by Crippen LogP contribution is 2.37. The number of nitrogens with one attached hydrogen (secondary N) is 1. The molecule has 1 N–H and O–H groups in total. The number of carbonyl (C=O) groups is 1. The molecule has 2 nitrogen and oxygen atoms in total. The van der Waals surface area contributed by atoms with Crippen LogP contribution >= 0.6 is 27.3 Å². The van der Waals surface area contributed by atoms with Gasteiger partial charge in [-0.15, -0.1) is 11.3 Å². The van der Waals surface area contributed by atoms with Gasteiger partial charge in [0.25, 0.3) is 0 Å². The fourth-order valence-corrected chi connectivity index (χ4v) is 4.12. The van der Waals surface area contributed by atoms with Gasteiger partial charge in [-0.3, -0.25) is 4.79 Å². The Morgan fingerprint density at radius 1 is 1.30 bits per heavy atom. The zero-order valence-electron chi connectivity index (χ0n) is 11.3. The highest BCUT2D eigenvalue weighted by atomic mass is 79.9. The third kappa shape index (κ3) is 2.67. The van der Waals surface area contributed by atoms with Crippen molar-refractivity contribution in [3.63, 3.8) is 0 Å².